The Labute approximate surface area is 144 Å². The van der Waals surface area contributed by atoms with Gasteiger partial charge in [-0.2, -0.15) is 0 Å². The molecular weight excluding hydrogens is 321 g/mol. The summed E-state index contributed by atoms with van der Waals surface area (Å²) in [5.74, 6) is -1.30. The van der Waals surface area contributed by atoms with E-state index >= 15 is 0 Å². The molecule has 0 unspecified atom stereocenters. The number of aromatic nitrogens is 1. The molecule has 25 heavy (non-hydrogen) atoms. The van der Waals surface area contributed by atoms with Gasteiger partial charge in [-0.15, -0.1) is 0 Å². The molecule has 0 saturated carbocycles. The monoisotopic (exact) mass is 339 g/mol. The van der Waals surface area contributed by atoms with Crippen LogP contribution in [0.2, 0.25) is 0 Å². The molecule has 0 aliphatic carbocycles. The highest BCUT2D eigenvalue weighted by Crippen LogP contribution is 2.24. The van der Waals surface area contributed by atoms with Gasteiger partial charge in [-0.1, -0.05) is 6.07 Å². The maximum atomic E-state index is 14.0. The number of fused-ring (bicyclic) bond motifs is 1. The van der Waals surface area contributed by atoms with Crippen molar-refractivity contribution in [2.24, 2.45) is 0 Å². The van der Waals surface area contributed by atoms with Crippen LogP contribution in [-0.2, 0) is 4.79 Å². The Morgan fingerprint density at radius 2 is 1.80 bits per heavy atom. The Morgan fingerprint density at radius 1 is 1.04 bits per heavy atom. The summed E-state index contributed by atoms with van der Waals surface area (Å²) in [6.07, 6.45) is 0. The van der Waals surface area contributed by atoms with Crippen LogP contribution in [0.4, 0.5) is 15.8 Å². The fourth-order valence-corrected chi connectivity index (χ4v) is 2.81. The number of nitrogens with one attached hydrogen (secondary N) is 3. The van der Waals surface area contributed by atoms with Crippen molar-refractivity contribution >= 4 is 34.1 Å². The zero-order valence-electron chi connectivity index (χ0n) is 14.2. The molecule has 0 fully saturated rings. The lowest BCUT2D eigenvalue weighted by Crippen LogP contribution is -2.14. The Hall–Kier alpha value is -3.15. The molecule has 2 amide bonds. The minimum Gasteiger partial charge on any atom is -0.351 e. The number of rotatable bonds is 3. The van der Waals surface area contributed by atoms with Crippen LogP contribution in [-0.4, -0.2) is 16.8 Å². The number of carbonyl (C=O) groups is 2. The molecule has 2 aromatic carbocycles. The van der Waals surface area contributed by atoms with Crippen molar-refractivity contribution in [3.05, 3.63) is 59.0 Å². The minimum atomic E-state index is -0.578. The third-order valence-corrected chi connectivity index (χ3v) is 3.87. The second kappa shape index (κ2) is 6.39. The zero-order valence-corrected chi connectivity index (χ0v) is 14.2. The SMILES string of the molecule is CC(=O)Nc1ccc(F)c(NC(=O)c2cc3c(C)cc(C)cc3[nH]2)c1. The van der Waals surface area contributed by atoms with Gasteiger partial charge in [0.15, 0.2) is 0 Å². The number of aryl methyl sites for hydroxylation is 2. The quantitative estimate of drug-likeness (QED) is 0.671. The lowest BCUT2D eigenvalue weighted by Gasteiger charge is -2.08. The molecule has 0 atom stereocenters. The van der Waals surface area contributed by atoms with E-state index in [1.165, 1.54) is 25.1 Å². The van der Waals surface area contributed by atoms with Gasteiger partial charge in [-0.05, 0) is 55.3 Å². The van der Waals surface area contributed by atoms with Crippen LogP contribution in [0.3, 0.4) is 0 Å². The predicted octanol–water partition coefficient (Wildman–Crippen LogP) is 4.13. The third-order valence-electron chi connectivity index (χ3n) is 3.87. The van der Waals surface area contributed by atoms with E-state index < -0.39 is 11.7 Å². The van der Waals surface area contributed by atoms with Gasteiger partial charge < -0.3 is 15.6 Å². The van der Waals surface area contributed by atoms with Crippen LogP contribution in [0.25, 0.3) is 10.9 Å². The number of halogens is 1. The van der Waals surface area contributed by atoms with E-state index in [0.29, 0.717) is 11.4 Å². The van der Waals surface area contributed by atoms with Crippen LogP contribution in [0, 0.1) is 19.7 Å². The molecule has 0 spiro atoms. The lowest BCUT2D eigenvalue weighted by atomic mass is 10.1. The number of H-pyrrole nitrogens is 1. The summed E-state index contributed by atoms with van der Waals surface area (Å²) in [4.78, 5) is 26.6. The molecule has 3 rings (SSSR count). The predicted molar refractivity (Wildman–Crippen MR) is 96.4 cm³/mol. The fourth-order valence-electron chi connectivity index (χ4n) is 2.81. The molecule has 0 aliphatic heterocycles. The van der Waals surface area contributed by atoms with E-state index in [2.05, 4.69) is 15.6 Å². The van der Waals surface area contributed by atoms with Crippen molar-refractivity contribution in [3.8, 4) is 0 Å². The second-order valence-electron chi connectivity index (χ2n) is 6.06. The highest BCUT2D eigenvalue weighted by molar-refractivity contribution is 6.06. The van der Waals surface area contributed by atoms with Crippen LogP contribution < -0.4 is 10.6 Å². The van der Waals surface area contributed by atoms with E-state index in [9.17, 15) is 14.0 Å². The first-order valence-corrected chi connectivity index (χ1v) is 7.82. The third kappa shape index (κ3) is 3.52. The molecule has 3 aromatic rings. The molecule has 128 valence electrons. The fraction of sp³-hybridized carbons (Fsp3) is 0.158. The van der Waals surface area contributed by atoms with Crippen LogP contribution in [0.15, 0.2) is 36.4 Å². The normalized spacial score (nSPS) is 10.7. The van der Waals surface area contributed by atoms with Crippen molar-refractivity contribution in [1.82, 2.24) is 4.98 Å². The van der Waals surface area contributed by atoms with Gasteiger partial charge in [0, 0.05) is 23.5 Å². The number of benzene rings is 2. The van der Waals surface area contributed by atoms with Gasteiger partial charge in [0.05, 0.1) is 5.69 Å². The molecule has 0 bridgehead atoms. The first kappa shape index (κ1) is 16.7. The van der Waals surface area contributed by atoms with E-state index in [0.717, 1.165) is 22.0 Å². The largest absolute Gasteiger partial charge is 0.351 e. The van der Waals surface area contributed by atoms with E-state index in [1.807, 2.05) is 26.0 Å². The number of hydrogen-bond donors (Lipinski definition) is 3. The van der Waals surface area contributed by atoms with Crippen molar-refractivity contribution < 1.29 is 14.0 Å². The molecule has 1 heterocycles. The van der Waals surface area contributed by atoms with Crippen molar-refractivity contribution in [1.29, 1.82) is 0 Å². The van der Waals surface area contributed by atoms with E-state index in [-0.39, 0.29) is 11.6 Å². The van der Waals surface area contributed by atoms with Gasteiger partial charge in [0.2, 0.25) is 5.91 Å². The molecule has 6 heteroatoms. The summed E-state index contributed by atoms with van der Waals surface area (Å²) >= 11 is 0. The highest BCUT2D eigenvalue weighted by atomic mass is 19.1. The van der Waals surface area contributed by atoms with Gasteiger partial charge in [-0.25, -0.2) is 4.39 Å². The summed E-state index contributed by atoms with van der Waals surface area (Å²) in [6.45, 7) is 5.31. The van der Waals surface area contributed by atoms with Gasteiger partial charge in [0.1, 0.15) is 11.5 Å². The van der Waals surface area contributed by atoms with Crippen molar-refractivity contribution in [2.45, 2.75) is 20.8 Å². The minimum absolute atomic E-state index is 0.00260. The smallest absolute Gasteiger partial charge is 0.272 e. The maximum absolute atomic E-state index is 14.0. The Kier molecular flexibility index (Phi) is 4.27. The van der Waals surface area contributed by atoms with Crippen molar-refractivity contribution in [3.63, 3.8) is 0 Å². The molecule has 3 N–H and O–H groups in total. The van der Waals surface area contributed by atoms with Crippen LogP contribution in [0.1, 0.15) is 28.5 Å². The lowest BCUT2D eigenvalue weighted by molar-refractivity contribution is -0.114. The number of anilines is 2. The number of aromatic amines is 1. The van der Waals surface area contributed by atoms with Gasteiger partial charge in [-0.3, -0.25) is 9.59 Å². The number of hydrogen-bond acceptors (Lipinski definition) is 2. The first-order valence-electron chi connectivity index (χ1n) is 7.82. The number of carbonyl (C=O) groups excluding carboxylic acids is 2. The van der Waals surface area contributed by atoms with Crippen molar-refractivity contribution in [2.75, 3.05) is 10.6 Å². The standard InChI is InChI=1S/C19H18FN3O2/c1-10-6-11(2)14-9-18(22-16(14)7-10)19(25)23-17-8-13(21-12(3)24)4-5-15(17)20/h4-9,22H,1-3H3,(H,21,24)(H,23,25). The van der Waals surface area contributed by atoms with Gasteiger partial charge in [0.25, 0.3) is 5.91 Å². The first-order chi connectivity index (χ1) is 11.8. The van der Waals surface area contributed by atoms with Gasteiger partial charge >= 0.3 is 0 Å². The summed E-state index contributed by atoms with van der Waals surface area (Å²) < 4.78 is 14.0. The van der Waals surface area contributed by atoms with Crippen LogP contribution in [0.5, 0.6) is 0 Å². The molecule has 5 nitrogen and oxygen atoms in total. The molecule has 1 aromatic heterocycles. The molecular formula is C19H18FN3O2. The van der Waals surface area contributed by atoms with E-state index in [1.54, 1.807) is 6.07 Å². The summed E-state index contributed by atoms with van der Waals surface area (Å²) in [5, 5.41) is 6.04. The zero-order chi connectivity index (χ0) is 18.1. The molecule has 0 aliphatic rings. The van der Waals surface area contributed by atoms with Crippen LogP contribution >= 0.6 is 0 Å². The summed E-state index contributed by atoms with van der Waals surface area (Å²) in [7, 11) is 0. The molecule has 0 radical (unpaired) electrons. The summed E-state index contributed by atoms with van der Waals surface area (Å²) in [5.41, 5.74) is 3.76. The maximum Gasteiger partial charge on any atom is 0.272 e. The summed E-state index contributed by atoms with van der Waals surface area (Å²) in [6, 6.07) is 9.74. The highest BCUT2D eigenvalue weighted by Gasteiger charge is 2.14. The topological polar surface area (TPSA) is 74.0 Å². The Balaban J connectivity index is 1.90. The Bertz CT molecular complexity index is 992. The number of amides is 2. The average molecular weight is 339 g/mol. The average Bonchev–Trinajstić information content (AvgIpc) is 2.94. The second-order valence-corrected chi connectivity index (χ2v) is 6.06. The Morgan fingerprint density at radius 3 is 2.52 bits per heavy atom. The molecule has 0 saturated heterocycles. The van der Waals surface area contributed by atoms with E-state index in [4.69, 9.17) is 0 Å².